The summed E-state index contributed by atoms with van der Waals surface area (Å²) in [6, 6.07) is 23.7. The Morgan fingerprint density at radius 3 is 2.51 bits per heavy atom. The molecule has 1 heterocycles. The van der Waals surface area contributed by atoms with E-state index in [1.807, 2.05) is 54.6 Å². The normalized spacial score (nSPS) is 12.1. The third-order valence-electron chi connectivity index (χ3n) is 5.37. The zero-order chi connectivity index (χ0) is 26.4. The quantitative estimate of drug-likeness (QED) is 0.172. The Morgan fingerprint density at radius 2 is 1.78 bits per heavy atom. The maximum atomic E-state index is 12.7. The predicted octanol–water partition coefficient (Wildman–Crippen LogP) is 4.60. The molecule has 0 bridgehead atoms. The Kier molecular flexibility index (Phi) is 8.07. The smallest absolute Gasteiger partial charge is 0.411 e. The van der Waals surface area contributed by atoms with Gasteiger partial charge in [-0.05, 0) is 35.4 Å². The maximum Gasteiger partial charge on any atom is 0.411 e. The van der Waals surface area contributed by atoms with Crippen molar-refractivity contribution in [2.45, 2.75) is 12.6 Å². The van der Waals surface area contributed by atoms with Crippen molar-refractivity contribution in [2.75, 3.05) is 18.2 Å². The first-order valence-electron chi connectivity index (χ1n) is 11.2. The fourth-order valence-electron chi connectivity index (χ4n) is 3.59. The molecule has 4 aromatic rings. The average Bonchev–Trinajstić information content (AvgIpc) is 3.32. The van der Waals surface area contributed by atoms with Gasteiger partial charge in [0.2, 0.25) is 10.0 Å². The number of carbonyl (C=O) groups is 1. The Bertz CT molecular complexity index is 1520. The monoisotopic (exact) mass is 538 g/mol. The molecule has 1 atom stereocenters. The number of para-hydroxylation sites is 1. The Morgan fingerprint density at radius 1 is 1.05 bits per heavy atom. The summed E-state index contributed by atoms with van der Waals surface area (Å²) in [6.45, 7) is -0.0579. The van der Waals surface area contributed by atoms with Gasteiger partial charge in [-0.1, -0.05) is 54.6 Å². The largest absolute Gasteiger partial charge is 0.481 e. The van der Waals surface area contributed by atoms with Crippen LogP contribution in [0.5, 0.6) is 5.75 Å². The van der Waals surface area contributed by atoms with Gasteiger partial charge in [-0.15, -0.1) is 11.3 Å². The number of rotatable bonds is 10. The van der Waals surface area contributed by atoms with Crippen molar-refractivity contribution < 1.29 is 22.7 Å². The second kappa shape index (κ2) is 11.4. The van der Waals surface area contributed by atoms with E-state index < -0.39 is 22.2 Å². The maximum absolute atomic E-state index is 12.7. The van der Waals surface area contributed by atoms with Crippen molar-refractivity contribution in [3.63, 3.8) is 0 Å². The number of sulfonamides is 1. The summed E-state index contributed by atoms with van der Waals surface area (Å²) < 4.78 is 38.1. The number of nitrogen functional groups attached to an aromatic ring is 1. The van der Waals surface area contributed by atoms with Crippen molar-refractivity contribution in [3.05, 3.63) is 94.9 Å². The first kappa shape index (κ1) is 26.1. The first-order valence-corrected chi connectivity index (χ1v) is 14.0. The van der Waals surface area contributed by atoms with Crippen LogP contribution in [0, 0.1) is 5.41 Å². The van der Waals surface area contributed by atoms with Gasteiger partial charge < -0.3 is 15.2 Å². The molecule has 5 N–H and O–H groups in total. The number of nitrogens with two attached hydrogens (primary N) is 1. The van der Waals surface area contributed by atoms with Crippen LogP contribution < -0.4 is 20.5 Å². The minimum absolute atomic E-state index is 0.0150. The van der Waals surface area contributed by atoms with Gasteiger partial charge in [0, 0.05) is 22.3 Å². The molecule has 1 amide bonds. The number of hydrogen-bond acceptors (Lipinski definition) is 7. The van der Waals surface area contributed by atoms with Gasteiger partial charge in [0.1, 0.15) is 18.2 Å². The summed E-state index contributed by atoms with van der Waals surface area (Å²) in [7, 11) is -3.40. The molecule has 1 unspecified atom stereocenters. The number of amidine groups is 1. The molecule has 1 aromatic heterocycles. The Hall–Kier alpha value is -3.93. The molecule has 3 aromatic carbocycles. The number of amides is 1. The number of ether oxygens (including phenoxy) is 2. The zero-order valence-electron chi connectivity index (χ0n) is 19.9. The van der Waals surface area contributed by atoms with Crippen molar-refractivity contribution in [3.8, 4) is 5.75 Å². The molecule has 0 saturated heterocycles. The summed E-state index contributed by atoms with van der Waals surface area (Å²) >= 11 is 1.40. The second-order valence-electron chi connectivity index (χ2n) is 8.18. The lowest BCUT2D eigenvalue weighted by molar-refractivity contribution is 0.0910. The molecular formula is C26H26N4O5S2. The summed E-state index contributed by atoms with van der Waals surface area (Å²) in [4.78, 5) is 13.3. The number of carbonyl (C=O) groups excluding carboxylic acids is 1. The van der Waals surface area contributed by atoms with E-state index >= 15 is 0 Å². The topological polar surface area (TPSA) is 144 Å². The lowest BCUT2D eigenvalue weighted by Crippen LogP contribution is -2.24. The molecule has 0 saturated carbocycles. The zero-order valence-corrected chi connectivity index (χ0v) is 21.6. The van der Waals surface area contributed by atoms with Crippen LogP contribution in [0.1, 0.15) is 22.1 Å². The molecule has 0 fully saturated rings. The summed E-state index contributed by atoms with van der Waals surface area (Å²) in [5.41, 5.74) is 7.50. The van der Waals surface area contributed by atoms with Crippen LogP contribution in [0.3, 0.4) is 0 Å². The fraction of sp³-hybridized carbons (Fsp3) is 0.154. The molecule has 9 nitrogen and oxygen atoms in total. The highest BCUT2D eigenvalue weighted by Gasteiger charge is 2.19. The molecule has 0 aliphatic heterocycles. The van der Waals surface area contributed by atoms with Crippen molar-refractivity contribution in [1.29, 1.82) is 5.41 Å². The molecule has 192 valence electrons. The minimum atomic E-state index is -3.40. The van der Waals surface area contributed by atoms with Gasteiger partial charge in [-0.3, -0.25) is 10.7 Å². The van der Waals surface area contributed by atoms with Crippen LogP contribution in [-0.2, 0) is 21.3 Å². The molecule has 0 radical (unpaired) electrons. The van der Waals surface area contributed by atoms with Gasteiger partial charge in [0.05, 0.1) is 11.1 Å². The Labute approximate surface area is 218 Å². The number of nitrogens with one attached hydrogen (secondary N) is 3. The van der Waals surface area contributed by atoms with E-state index in [2.05, 4.69) is 10.0 Å². The van der Waals surface area contributed by atoms with E-state index in [-0.39, 0.29) is 19.0 Å². The third-order valence-corrected chi connectivity index (χ3v) is 7.17. The van der Waals surface area contributed by atoms with E-state index in [1.54, 1.807) is 24.3 Å². The minimum Gasteiger partial charge on any atom is -0.481 e. The molecule has 11 heteroatoms. The van der Waals surface area contributed by atoms with E-state index in [0.717, 1.165) is 21.9 Å². The van der Waals surface area contributed by atoms with Gasteiger partial charge in [0.25, 0.3) is 0 Å². The van der Waals surface area contributed by atoms with Crippen molar-refractivity contribution >= 4 is 49.1 Å². The standard InChI is InChI=1S/C26H26N4O5S2/c1-37(32,33)29-15-18-10-5-6-11-20(18)30-26(31)34-16-22(17-8-3-2-4-9-17)35-21-12-7-13-23-19(21)14-24(36-23)25(27)28/h2-14,22,29H,15-16H2,1H3,(H3,27,28)(H,30,31). The number of benzene rings is 3. The highest BCUT2D eigenvalue weighted by molar-refractivity contribution is 7.88. The fourth-order valence-corrected chi connectivity index (χ4v) is 4.95. The number of hydrogen-bond donors (Lipinski definition) is 4. The first-order chi connectivity index (χ1) is 17.7. The predicted molar refractivity (Wildman–Crippen MR) is 146 cm³/mol. The molecule has 4 rings (SSSR count). The second-order valence-corrected chi connectivity index (χ2v) is 11.1. The lowest BCUT2D eigenvalue weighted by atomic mass is 10.1. The van der Waals surface area contributed by atoms with E-state index in [9.17, 15) is 13.2 Å². The van der Waals surface area contributed by atoms with E-state index in [4.69, 9.17) is 20.6 Å². The van der Waals surface area contributed by atoms with Crippen molar-refractivity contribution in [2.24, 2.45) is 5.73 Å². The molecule has 0 aliphatic carbocycles. The third kappa shape index (κ3) is 7.06. The number of thiophene rings is 1. The van der Waals surface area contributed by atoms with Gasteiger partial charge in [0.15, 0.2) is 6.10 Å². The van der Waals surface area contributed by atoms with E-state index in [0.29, 0.717) is 21.9 Å². The summed E-state index contributed by atoms with van der Waals surface area (Å²) in [5, 5.41) is 11.2. The molecule has 0 aliphatic rings. The highest BCUT2D eigenvalue weighted by Crippen LogP contribution is 2.35. The number of anilines is 1. The van der Waals surface area contributed by atoms with Gasteiger partial charge >= 0.3 is 6.09 Å². The number of fused-ring (bicyclic) bond motifs is 1. The van der Waals surface area contributed by atoms with Crippen LogP contribution >= 0.6 is 11.3 Å². The van der Waals surface area contributed by atoms with Gasteiger partial charge in [-0.25, -0.2) is 17.9 Å². The van der Waals surface area contributed by atoms with Crippen LogP contribution in [0.2, 0.25) is 0 Å². The molecule has 37 heavy (non-hydrogen) atoms. The summed E-state index contributed by atoms with van der Waals surface area (Å²) in [6.07, 6.45) is -0.247. The molecule has 0 spiro atoms. The average molecular weight is 539 g/mol. The SMILES string of the molecule is CS(=O)(=O)NCc1ccccc1NC(=O)OCC(Oc1cccc2sc(C(=N)N)cc12)c1ccccc1. The van der Waals surface area contributed by atoms with Crippen LogP contribution in [-0.4, -0.2) is 33.2 Å². The van der Waals surface area contributed by atoms with Crippen molar-refractivity contribution in [1.82, 2.24) is 4.72 Å². The summed E-state index contributed by atoms with van der Waals surface area (Å²) in [5.74, 6) is 0.565. The van der Waals surface area contributed by atoms with Crippen LogP contribution in [0.25, 0.3) is 10.1 Å². The highest BCUT2D eigenvalue weighted by atomic mass is 32.2. The van der Waals surface area contributed by atoms with Crippen LogP contribution in [0.15, 0.2) is 78.9 Å². The van der Waals surface area contributed by atoms with E-state index in [1.165, 1.54) is 11.3 Å². The Balaban J connectivity index is 1.50. The van der Waals surface area contributed by atoms with Crippen LogP contribution in [0.4, 0.5) is 10.5 Å². The molecular weight excluding hydrogens is 512 g/mol. The lowest BCUT2D eigenvalue weighted by Gasteiger charge is -2.20. The van der Waals surface area contributed by atoms with Gasteiger partial charge in [-0.2, -0.15) is 0 Å².